The van der Waals surface area contributed by atoms with Crippen LogP contribution in [0.5, 0.6) is 0 Å². The zero-order valence-corrected chi connectivity index (χ0v) is 12.7. The third-order valence-electron chi connectivity index (χ3n) is 4.75. The molecule has 1 aliphatic heterocycles. The van der Waals surface area contributed by atoms with Crippen LogP contribution in [0.25, 0.3) is 0 Å². The van der Waals surface area contributed by atoms with Crippen LogP contribution < -0.4 is 0 Å². The summed E-state index contributed by atoms with van der Waals surface area (Å²) in [6, 6.07) is 3.59. The maximum Gasteiger partial charge on any atom is 0.243 e. The van der Waals surface area contributed by atoms with E-state index in [1.165, 1.54) is 16.4 Å². The number of nitrogens with zero attached hydrogens (tertiary/aromatic N) is 1. The van der Waals surface area contributed by atoms with Crippen LogP contribution in [-0.4, -0.2) is 30.4 Å². The number of rotatable bonds is 3. The zero-order valence-electron chi connectivity index (χ0n) is 11.8. The van der Waals surface area contributed by atoms with Gasteiger partial charge in [0.1, 0.15) is 5.82 Å². The average Bonchev–Trinajstić information content (AvgIpc) is 2.92. The fourth-order valence-electron chi connectivity index (χ4n) is 3.69. The average molecular weight is 313 g/mol. The predicted octanol–water partition coefficient (Wildman–Crippen LogP) is 2.27. The second-order valence-electron chi connectivity index (χ2n) is 5.93. The van der Waals surface area contributed by atoms with Gasteiger partial charge in [-0.2, -0.15) is 4.31 Å². The number of benzene rings is 1. The molecule has 116 valence electrons. The summed E-state index contributed by atoms with van der Waals surface area (Å²) in [5.74, 6) is -0.162. The van der Waals surface area contributed by atoms with Gasteiger partial charge in [-0.1, -0.05) is 18.9 Å². The molecule has 0 spiro atoms. The molecule has 1 aromatic rings. The molecule has 21 heavy (non-hydrogen) atoms. The van der Waals surface area contributed by atoms with E-state index in [1.807, 2.05) is 0 Å². The largest absolute Gasteiger partial charge is 0.392 e. The van der Waals surface area contributed by atoms with Crippen molar-refractivity contribution in [3.05, 3.63) is 29.6 Å². The molecule has 3 rings (SSSR count). The summed E-state index contributed by atoms with van der Waals surface area (Å²) in [6.45, 7) is 0.0931. The quantitative estimate of drug-likeness (QED) is 0.931. The van der Waals surface area contributed by atoms with Gasteiger partial charge in [0.15, 0.2) is 0 Å². The van der Waals surface area contributed by atoms with Crippen LogP contribution in [0.3, 0.4) is 0 Å². The van der Waals surface area contributed by atoms with E-state index in [1.54, 1.807) is 0 Å². The summed E-state index contributed by atoms with van der Waals surface area (Å²) in [5.41, 5.74) is 0.260. The highest BCUT2D eigenvalue weighted by Gasteiger charge is 2.42. The van der Waals surface area contributed by atoms with Gasteiger partial charge in [0.2, 0.25) is 10.0 Å². The van der Waals surface area contributed by atoms with Crippen molar-refractivity contribution in [3.8, 4) is 0 Å². The van der Waals surface area contributed by atoms with Crippen LogP contribution in [0.1, 0.15) is 37.7 Å². The Bertz CT molecular complexity index is 632. The summed E-state index contributed by atoms with van der Waals surface area (Å²) in [4.78, 5) is -0.0868. The summed E-state index contributed by atoms with van der Waals surface area (Å²) < 4.78 is 40.7. The monoisotopic (exact) mass is 313 g/mol. The number of hydrogen-bond acceptors (Lipinski definition) is 3. The minimum absolute atomic E-state index is 0.0403. The molecule has 1 saturated carbocycles. The summed E-state index contributed by atoms with van der Waals surface area (Å²) >= 11 is 0. The van der Waals surface area contributed by atoms with Crippen molar-refractivity contribution in [2.75, 3.05) is 6.54 Å². The topological polar surface area (TPSA) is 57.6 Å². The Balaban J connectivity index is 1.99. The fourth-order valence-corrected chi connectivity index (χ4v) is 5.64. The van der Waals surface area contributed by atoms with Crippen LogP contribution in [0.2, 0.25) is 0 Å². The summed E-state index contributed by atoms with van der Waals surface area (Å²) in [7, 11) is -3.74. The van der Waals surface area contributed by atoms with Crippen molar-refractivity contribution < 1.29 is 17.9 Å². The fraction of sp³-hybridized carbons (Fsp3) is 0.600. The van der Waals surface area contributed by atoms with Crippen molar-refractivity contribution in [3.63, 3.8) is 0 Å². The van der Waals surface area contributed by atoms with E-state index in [9.17, 15) is 17.9 Å². The van der Waals surface area contributed by atoms with E-state index in [4.69, 9.17) is 0 Å². The van der Waals surface area contributed by atoms with Crippen LogP contribution in [-0.2, 0) is 16.6 Å². The number of fused-ring (bicyclic) bond motifs is 1. The Kier molecular flexibility index (Phi) is 4.03. The molecule has 0 bridgehead atoms. The standard InChI is InChI=1S/C15H20FNO3S/c16-13-6-5-12(10-18)15(9-13)21(19,20)17-8-7-11-3-1-2-4-14(11)17/h5-6,9,11,14,18H,1-4,7-8,10H2. The SMILES string of the molecule is O=S(=O)(c1cc(F)ccc1CO)N1CCC2CCCCC21. The van der Waals surface area contributed by atoms with Crippen molar-refractivity contribution in [1.82, 2.24) is 4.31 Å². The van der Waals surface area contributed by atoms with E-state index in [-0.39, 0.29) is 16.5 Å². The predicted molar refractivity (Wildman–Crippen MR) is 76.6 cm³/mol. The molecule has 2 unspecified atom stereocenters. The Morgan fingerprint density at radius 3 is 2.76 bits per heavy atom. The first-order valence-electron chi connectivity index (χ1n) is 7.45. The zero-order chi connectivity index (χ0) is 15.0. The minimum Gasteiger partial charge on any atom is -0.392 e. The molecule has 1 N–H and O–H groups in total. The molecule has 6 heteroatoms. The molecule has 2 atom stereocenters. The highest BCUT2D eigenvalue weighted by Crippen LogP contribution is 2.39. The molecule has 1 aliphatic carbocycles. The third kappa shape index (κ3) is 2.60. The minimum atomic E-state index is -3.74. The van der Waals surface area contributed by atoms with Gasteiger partial charge in [-0.15, -0.1) is 0 Å². The number of halogens is 1. The van der Waals surface area contributed by atoms with Crippen molar-refractivity contribution >= 4 is 10.0 Å². The molecule has 2 fully saturated rings. The first-order valence-corrected chi connectivity index (χ1v) is 8.89. The Hall–Kier alpha value is -0.980. The molecular weight excluding hydrogens is 293 g/mol. The van der Waals surface area contributed by atoms with Crippen LogP contribution >= 0.6 is 0 Å². The molecule has 1 aromatic carbocycles. The summed E-state index contributed by atoms with van der Waals surface area (Å²) in [6.07, 6.45) is 5.05. The van der Waals surface area contributed by atoms with Crippen LogP contribution in [0.15, 0.2) is 23.1 Å². The Labute approximate surface area is 124 Å². The first-order chi connectivity index (χ1) is 10.0. The second-order valence-corrected chi connectivity index (χ2v) is 7.79. The van der Waals surface area contributed by atoms with Gasteiger partial charge >= 0.3 is 0 Å². The molecule has 1 heterocycles. The van der Waals surface area contributed by atoms with E-state index < -0.39 is 22.4 Å². The van der Waals surface area contributed by atoms with Gasteiger partial charge in [-0.05, 0) is 42.9 Å². The maximum absolute atomic E-state index is 13.5. The van der Waals surface area contributed by atoms with E-state index in [0.29, 0.717) is 12.5 Å². The van der Waals surface area contributed by atoms with Gasteiger partial charge in [0.25, 0.3) is 0 Å². The van der Waals surface area contributed by atoms with Gasteiger partial charge < -0.3 is 5.11 Å². The molecule has 1 saturated heterocycles. The second kappa shape index (κ2) is 5.66. The van der Waals surface area contributed by atoms with Gasteiger partial charge in [-0.3, -0.25) is 0 Å². The highest BCUT2D eigenvalue weighted by molar-refractivity contribution is 7.89. The lowest BCUT2D eigenvalue weighted by atomic mass is 9.86. The maximum atomic E-state index is 13.5. The van der Waals surface area contributed by atoms with Crippen molar-refractivity contribution in [1.29, 1.82) is 0 Å². The van der Waals surface area contributed by atoms with E-state index in [2.05, 4.69) is 0 Å². The molecule has 0 radical (unpaired) electrons. The van der Waals surface area contributed by atoms with Crippen LogP contribution in [0.4, 0.5) is 4.39 Å². The number of hydrogen-bond donors (Lipinski definition) is 1. The molecule has 0 aromatic heterocycles. The number of sulfonamides is 1. The van der Waals surface area contributed by atoms with Crippen molar-refractivity contribution in [2.24, 2.45) is 5.92 Å². The van der Waals surface area contributed by atoms with Gasteiger partial charge in [0, 0.05) is 12.6 Å². The van der Waals surface area contributed by atoms with E-state index in [0.717, 1.165) is 38.2 Å². The lowest BCUT2D eigenvalue weighted by Crippen LogP contribution is -2.39. The number of aliphatic hydroxyl groups is 1. The normalized spacial score (nSPS) is 26.8. The van der Waals surface area contributed by atoms with Gasteiger partial charge in [0.05, 0.1) is 11.5 Å². The molecule has 4 nitrogen and oxygen atoms in total. The Morgan fingerprint density at radius 1 is 1.24 bits per heavy atom. The molecular formula is C15H20FNO3S. The van der Waals surface area contributed by atoms with E-state index >= 15 is 0 Å². The smallest absolute Gasteiger partial charge is 0.243 e. The molecule has 0 amide bonds. The molecule has 2 aliphatic rings. The first kappa shape index (κ1) is 14.9. The Morgan fingerprint density at radius 2 is 2.00 bits per heavy atom. The third-order valence-corrected chi connectivity index (χ3v) is 6.75. The lowest BCUT2D eigenvalue weighted by molar-refractivity contribution is 0.258. The van der Waals surface area contributed by atoms with Gasteiger partial charge in [-0.25, -0.2) is 12.8 Å². The lowest BCUT2D eigenvalue weighted by Gasteiger charge is -2.31. The van der Waals surface area contributed by atoms with Crippen LogP contribution in [0, 0.1) is 11.7 Å². The number of aliphatic hydroxyl groups excluding tert-OH is 1. The van der Waals surface area contributed by atoms with Crippen molar-refractivity contribution in [2.45, 2.75) is 49.6 Å². The summed E-state index contributed by atoms with van der Waals surface area (Å²) in [5, 5.41) is 9.34. The highest BCUT2D eigenvalue weighted by atomic mass is 32.2.